The Morgan fingerprint density at radius 1 is 1.38 bits per heavy atom. The highest BCUT2D eigenvalue weighted by atomic mass is 15.0. The molecule has 1 nitrogen and oxygen atoms in total. The van der Waals surface area contributed by atoms with E-state index >= 15 is 0 Å². The first-order valence-electron chi connectivity index (χ1n) is 3.62. The quantitative estimate of drug-likeness (QED) is 0.494. The standard InChI is InChI=1S/C7H13N/c1-5-4-6-2-3-7(5)8-6/h5-8H,2-4H2,1H3. The Morgan fingerprint density at radius 2 is 2.25 bits per heavy atom. The van der Waals surface area contributed by atoms with Crippen molar-refractivity contribution in [1.29, 1.82) is 0 Å². The Balaban J connectivity index is 2.11. The molecule has 1 N–H and O–H groups in total. The molecule has 0 radical (unpaired) electrons. The number of hydrogen-bond acceptors (Lipinski definition) is 1. The molecule has 2 saturated heterocycles. The summed E-state index contributed by atoms with van der Waals surface area (Å²) in [7, 11) is 0. The van der Waals surface area contributed by atoms with E-state index in [0.29, 0.717) is 0 Å². The highest BCUT2D eigenvalue weighted by molar-refractivity contribution is 4.95. The molecule has 2 aliphatic heterocycles. The Kier molecular flexibility index (Phi) is 0.884. The zero-order valence-electron chi connectivity index (χ0n) is 5.35. The first kappa shape index (κ1) is 4.80. The molecule has 2 rings (SSSR count). The van der Waals surface area contributed by atoms with Crippen LogP contribution in [-0.4, -0.2) is 12.1 Å². The molecule has 0 aromatic heterocycles. The van der Waals surface area contributed by atoms with Crippen molar-refractivity contribution in [3.8, 4) is 0 Å². The maximum atomic E-state index is 3.58. The zero-order valence-corrected chi connectivity index (χ0v) is 5.35. The Morgan fingerprint density at radius 3 is 2.50 bits per heavy atom. The number of nitrogens with one attached hydrogen (secondary N) is 1. The van der Waals surface area contributed by atoms with Gasteiger partial charge >= 0.3 is 0 Å². The molecule has 46 valence electrons. The maximum absolute atomic E-state index is 3.58. The summed E-state index contributed by atoms with van der Waals surface area (Å²) >= 11 is 0. The molecule has 0 aromatic rings. The average Bonchev–Trinajstić information content (AvgIpc) is 2.23. The van der Waals surface area contributed by atoms with Gasteiger partial charge in [-0.05, 0) is 25.2 Å². The second-order valence-electron chi connectivity index (χ2n) is 3.26. The van der Waals surface area contributed by atoms with Crippen LogP contribution in [0.2, 0.25) is 0 Å². The highest BCUT2D eigenvalue weighted by Gasteiger charge is 2.35. The summed E-state index contributed by atoms with van der Waals surface area (Å²) in [5.74, 6) is 0.966. The van der Waals surface area contributed by atoms with Crippen LogP contribution < -0.4 is 5.32 Å². The van der Waals surface area contributed by atoms with Gasteiger partial charge in [-0.15, -0.1) is 0 Å². The van der Waals surface area contributed by atoms with Crippen LogP contribution in [0.25, 0.3) is 0 Å². The van der Waals surface area contributed by atoms with Crippen molar-refractivity contribution in [1.82, 2.24) is 5.32 Å². The first-order valence-corrected chi connectivity index (χ1v) is 3.62. The summed E-state index contributed by atoms with van der Waals surface area (Å²) in [6.45, 7) is 2.36. The van der Waals surface area contributed by atoms with Gasteiger partial charge in [-0.2, -0.15) is 0 Å². The van der Waals surface area contributed by atoms with Crippen molar-refractivity contribution in [3.63, 3.8) is 0 Å². The topological polar surface area (TPSA) is 12.0 Å². The fourth-order valence-corrected chi connectivity index (χ4v) is 2.10. The number of rotatable bonds is 0. The fraction of sp³-hybridized carbons (Fsp3) is 1.00. The van der Waals surface area contributed by atoms with E-state index in [0.717, 1.165) is 18.0 Å². The van der Waals surface area contributed by atoms with Crippen LogP contribution in [0.5, 0.6) is 0 Å². The molecule has 0 aromatic carbocycles. The minimum Gasteiger partial charge on any atom is -0.311 e. The largest absolute Gasteiger partial charge is 0.311 e. The smallest absolute Gasteiger partial charge is 0.00964 e. The molecular weight excluding hydrogens is 98.1 g/mol. The minimum absolute atomic E-state index is 0.889. The van der Waals surface area contributed by atoms with Crippen LogP contribution in [0.15, 0.2) is 0 Å². The molecule has 8 heavy (non-hydrogen) atoms. The molecule has 0 amide bonds. The van der Waals surface area contributed by atoms with E-state index in [1.807, 2.05) is 0 Å². The highest BCUT2D eigenvalue weighted by Crippen LogP contribution is 2.32. The van der Waals surface area contributed by atoms with Gasteiger partial charge < -0.3 is 5.32 Å². The lowest BCUT2D eigenvalue weighted by atomic mass is 9.91. The third-order valence-corrected chi connectivity index (χ3v) is 2.62. The van der Waals surface area contributed by atoms with Crippen molar-refractivity contribution in [2.75, 3.05) is 0 Å². The van der Waals surface area contributed by atoms with Crippen LogP contribution in [0.1, 0.15) is 26.2 Å². The molecule has 3 unspecified atom stereocenters. The van der Waals surface area contributed by atoms with Crippen molar-refractivity contribution in [3.05, 3.63) is 0 Å². The lowest BCUT2D eigenvalue weighted by Gasteiger charge is -2.13. The molecule has 0 saturated carbocycles. The van der Waals surface area contributed by atoms with Gasteiger partial charge in [0.05, 0.1) is 0 Å². The van der Waals surface area contributed by atoms with Crippen LogP contribution in [-0.2, 0) is 0 Å². The van der Waals surface area contributed by atoms with E-state index < -0.39 is 0 Å². The maximum Gasteiger partial charge on any atom is 0.00964 e. The third-order valence-electron chi connectivity index (χ3n) is 2.62. The van der Waals surface area contributed by atoms with Crippen LogP contribution >= 0.6 is 0 Å². The Bertz CT molecular complexity index is 98.6. The number of hydrogen-bond donors (Lipinski definition) is 1. The zero-order chi connectivity index (χ0) is 5.56. The normalized spacial score (nSPS) is 52.9. The van der Waals surface area contributed by atoms with Gasteiger partial charge in [0.25, 0.3) is 0 Å². The predicted molar refractivity (Wildman–Crippen MR) is 33.7 cm³/mol. The summed E-state index contributed by atoms with van der Waals surface area (Å²) in [6, 6.07) is 1.79. The Hall–Kier alpha value is -0.0400. The van der Waals surface area contributed by atoms with Crippen LogP contribution in [0, 0.1) is 5.92 Å². The van der Waals surface area contributed by atoms with Gasteiger partial charge in [-0.25, -0.2) is 0 Å². The van der Waals surface area contributed by atoms with E-state index in [-0.39, 0.29) is 0 Å². The summed E-state index contributed by atoms with van der Waals surface area (Å²) in [6.07, 6.45) is 4.31. The van der Waals surface area contributed by atoms with Gasteiger partial charge in [0.2, 0.25) is 0 Å². The molecular formula is C7H13N. The monoisotopic (exact) mass is 111 g/mol. The summed E-state index contributed by atoms with van der Waals surface area (Å²) in [4.78, 5) is 0. The van der Waals surface area contributed by atoms with E-state index in [1.54, 1.807) is 0 Å². The molecule has 0 spiro atoms. The van der Waals surface area contributed by atoms with E-state index in [4.69, 9.17) is 0 Å². The van der Waals surface area contributed by atoms with Crippen molar-refractivity contribution in [2.45, 2.75) is 38.3 Å². The van der Waals surface area contributed by atoms with Gasteiger partial charge in [-0.1, -0.05) is 6.92 Å². The van der Waals surface area contributed by atoms with Crippen molar-refractivity contribution in [2.24, 2.45) is 5.92 Å². The average molecular weight is 111 g/mol. The molecule has 2 heterocycles. The molecule has 2 fully saturated rings. The molecule has 1 heteroatoms. The van der Waals surface area contributed by atoms with Crippen molar-refractivity contribution < 1.29 is 0 Å². The van der Waals surface area contributed by atoms with Crippen molar-refractivity contribution >= 4 is 0 Å². The lowest BCUT2D eigenvalue weighted by Crippen LogP contribution is -2.20. The second kappa shape index (κ2) is 1.47. The SMILES string of the molecule is CC1CC2CCC1N2. The lowest BCUT2D eigenvalue weighted by molar-refractivity contribution is 0.439. The van der Waals surface area contributed by atoms with Gasteiger partial charge in [0.1, 0.15) is 0 Å². The summed E-state index contributed by atoms with van der Waals surface area (Å²) in [5, 5.41) is 3.58. The van der Waals surface area contributed by atoms with E-state index in [2.05, 4.69) is 12.2 Å². The van der Waals surface area contributed by atoms with Gasteiger partial charge in [-0.3, -0.25) is 0 Å². The molecule has 2 bridgehead atoms. The van der Waals surface area contributed by atoms with Crippen LogP contribution in [0.3, 0.4) is 0 Å². The minimum atomic E-state index is 0.889. The molecule has 0 aliphatic carbocycles. The summed E-state index contributed by atoms with van der Waals surface area (Å²) < 4.78 is 0. The summed E-state index contributed by atoms with van der Waals surface area (Å²) in [5.41, 5.74) is 0. The van der Waals surface area contributed by atoms with E-state index in [9.17, 15) is 0 Å². The Labute approximate surface area is 50.5 Å². The third kappa shape index (κ3) is 0.510. The predicted octanol–water partition coefficient (Wildman–Crippen LogP) is 1.15. The van der Waals surface area contributed by atoms with Gasteiger partial charge in [0, 0.05) is 12.1 Å². The van der Waals surface area contributed by atoms with E-state index in [1.165, 1.54) is 19.3 Å². The molecule has 3 atom stereocenters. The fourth-order valence-electron chi connectivity index (χ4n) is 2.10. The second-order valence-corrected chi connectivity index (χ2v) is 3.26. The first-order chi connectivity index (χ1) is 3.86. The van der Waals surface area contributed by atoms with Crippen LogP contribution in [0.4, 0.5) is 0 Å². The van der Waals surface area contributed by atoms with Gasteiger partial charge in [0.15, 0.2) is 0 Å². The molecule has 2 aliphatic rings. The number of fused-ring (bicyclic) bond motifs is 2.